The van der Waals surface area contributed by atoms with E-state index in [0.29, 0.717) is 40.3 Å². The molecule has 1 saturated heterocycles. The highest BCUT2D eigenvalue weighted by Gasteiger charge is 2.22. The number of methoxy groups -OCH3 is 2. The summed E-state index contributed by atoms with van der Waals surface area (Å²) >= 11 is 6.15. The van der Waals surface area contributed by atoms with E-state index in [9.17, 15) is 9.90 Å². The number of fused-ring (bicyclic) bond motifs is 1. The normalized spacial score (nSPS) is 14.2. The minimum atomic E-state index is -0.508. The van der Waals surface area contributed by atoms with Crippen molar-refractivity contribution in [3.63, 3.8) is 0 Å². The van der Waals surface area contributed by atoms with Gasteiger partial charge in [-0.05, 0) is 54.6 Å². The van der Waals surface area contributed by atoms with Crippen molar-refractivity contribution >= 4 is 28.3 Å². The predicted molar refractivity (Wildman–Crippen MR) is 142 cm³/mol. The van der Waals surface area contributed by atoms with Crippen molar-refractivity contribution in [2.24, 2.45) is 0 Å². The van der Waals surface area contributed by atoms with Gasteiger partial charge in [0.1, 0.15) is 22.8 Å². The minimum absolute atomic E-state index is 0.106. The molecule has 0 bridgehead atoms. The van der Waals surface area contributed by atoms with E-state index >= 15 is 0 Å². The van der Waals surface area contributed by atoms with E-state index < -0.39 is 5.63 Å². The van der Waals surface area contributed by atoms with Crippen molar-refractivity contribution in [3.8, 4) is 28.4 Å². The number of hydrogen-bond donors (Lipinski definition) is 1. The summed E-state index contributed by atoms with van der Waals surface area (Å²) in [6.45, 7) is 3.72. The Morgan fingerprint density at radius 3 is 2.47 bits per heavy atom. The summed E-state index contributed by atoms with van der Waals surface area (Å²) in [6, 6.07) is 18.3. The SMILES string of the molecule is COc1ccc(OC)c(-c2cc3ccc(O)c(CN4CCN(c5cccc(Cl)c5)CC4)c3oc2=O)c1. The van der Waals surface area contributed by atoms with E-state index in [1.807, 2.05) is 18.2 Å². The number of phenolic OH excluding ortho intramolecular Hbond substituents is 1. The van der Waals surface area contributed by atoms with Gasteiger partial charge in [0.15, 0.2) is 0 Å². The summed E-state index contributed by atoms with van der Waals surface area (Å²) < 4.78 is 16.6. The molecule has 0 atom stereocenters. The first kappa shape index (κ1) is 24.0. The van der Waals surface area contributed by atoms with Gasteiger partial charge < -0.3 is 23.9 Å². The van der Waals surface area contributed by atoms with E-state index in [1.54, 1.807) is 50.6 Å². The molecule has 7 nitrogen and oxygen atoms in total. The van der Waals surface area contributed by atoms with Crippen molar-refractivity contribution in [1.29, 1.82) is 0 Å². The molecule has 5 rings (SSSR count). The molecule has 1 N–H and O–H groups in total. The summed E-state index contributed by atoms with van der Waals surface area (Å²) in [4.78, 5) is 17.6. The number of benzene rings is 3. The fraction of sp³-hybridized carbons (Fsp3) is 0.250. The third kappa shape index (κ3) is 4.72. The minimum Gasteiger partial charge on any atom is -0.507 e. The van der Waals surface area contributed by atoms with E-state index in [4.69, 9.17) is 25.5 Å². The van der Waals surface area contributed by atoms with E-state index in [-0.39, 0.29) is 5.75 Å². The second-order valence-corrected chi connectivity index (χ2v) is 9.17. The quantitative estimate of drug-likeness (QED) is 0.362. The Morgan fingerprint density at radius 1 is 0.944 bits per heavy atom. The Hall–Kier alpha value is -3.68. The van der Waals surface area contributed by atoms with Gasteiger partial charge in [-0.3, -0.25) is 4.90 Å². The maximum absolute atomic E-state index is 13.1. The van der Waals surface area contributed by atoms with Crippen LogP contribution in [0.2, 0.25) is 5.02 Å². The lowest BCUT2D eigenvalue weighted by molar-refractivity contribution is 0.246. The van der Waals surface area contributed by atoms with Gasteiger partial charge in [-0.1, -0.05) is 17.7 Å². The number of rotatable bonds is 6. The Bertz CT molecular complexity index is 1460. The molecule has 1 fully saturated rings. The monoisotopic (exact) mass is 506 g/mol. The molecule has 0 saturated carbocycles. The van der Waals surface area contributed by atoms with Gasteiger partial charge in [-0.2, -0.15) is 0 Å². The average molecular weight is 507 g/mol. The number of aromatic hydroxyl groups is 1. The number of anilines is 1. The van der Waals surface area contributed by atoms with Gasteiger partial charge in [0.2, 0.25) is 0 Å². The molecule has 1 aliphatic heterocycles. The Balaban J connectivity index is 1.43. The maximum Gasteiger partial charge on any atom is 0.344 e. The molecular weight excluding hydrogens is 480 g/mol. The lowest BCUT2D eigenvalue weighted by Gasteiger charge is -2.36. The Morgan fingerprint density at radius 2 is 1.75 bits per heavy atom. The highest BCUT2D eigenvalue weighted by Crippen LogP contribution is 2.35. The summed E-state index contributed by atoms with van der Waals surface area (Å²) in [6.07, 6.45) is 0. The van der Waals surface area contributed by atoms with Crippen LogP contribution in [0.1, 0.15) is 5.56 Å². The number of hydrogen-bond acceptors (Lipinski definition) is 7. The Labute approximate surface area is 214 Å². The van der Waals surface area contributed by atoms with Crippen LogP contribution in [0, 0.1) is 0 Å². The molecule has 0 amide bonds. The van der Waals surface area contributed by atoms with Crippen LogP contribution in [-0.2, 0) is 6.54 Å². The molecule has 1 aromatic heterocycles. The summed E-state index contributed by atoms with van der Waals surface area (Å²) in [5.41, 5.74) is 2.53. The van der Waals surface area contributed by atoms with Crippen molar-refractivity contribution in [2.75, 3.05) is 45.3 Å². The van der Waals surface area contributed by atoms with Gasteiger partial charge in [0, 0.05) is 54.4 Å². The van der Waals surface area contributed by atoms with Crippen molar-refractivity contribution < 1.29 is 19.0 Å². The van der Waals surface area contributed by atoms with Crippen LogP contribution in [-0.4, -0.2) is 50.4 Å². The highest BCUT2D eigenvalue weighted by atomic mass is 35.5. The molecule has 1 aliphatic rings. The van der Waals surface area contributed by atoms with E-state index in [2.05, 4.69) is 15.9 Å². The first-order valence-electron chi connectivity index (χ1n) is 11.7. The second-order valence-electron chi connectivity index (χ2n) is 8.74. The van der Waals surface area contributed by atoms with Crippen LogP contribution in [0.4, 0.5) is 5.69 Å². The molecule has 0 radical (unpaired) electrons. The fourth-order valence-electron chi connectivity index (χ4n) is 4.66. The number of piperazine rings is 1. The lowest BCUT2D eigenvalue weighted by Crippen LogP contribution is -2.46. The Kier molecular flexibility index (Phi) is 6.76. The molecule has 0 unspecified atom stereocenters. The van der Waals surface area contributed by atoms with Gasteiger partial charge in [0.05, 0.1) is 25.3 Å². The number of nitrogens with zero attached hydrogens (tertiary/aromatic N) is 2. The number of phenols is 1. The van der Waals surface area contributed by atoms with Crippen LogP contribution in [0.3, 0.4) is 0 Å². The number of halogens is 1. The van der Waals surface area contributed by atoms with Crippen molar-refractivity contribution in [3.05, 3.63) is 81.7 Å². The van der Waals surface area contributed by atoms with Crippen molar-refractivity contribution in [2.45, 2.75) is 6.54 Å². The fourth-order valence-corrected chi connectivity index (χ4v) is 4.84. The molecule has 0 spiro atoms. The lowest BCUT2D eigenvalue weighted by atomic mass is 10.0. The molecule has 186 valence electrons. The van der Waals surface area contributed by atoms with Crippen LogP contribution in [0.5, 0.6) is 17.2 Å². The smallest absolute Gasteiger partial charge is 0.344 e. The maximum atomic E-state index is 13.1. The van der Waals surface area contributed by atoms with Gasteiger partial charge >= 0.3 is 5.63 Å². The molecule has 2 heterocycles. The molecule has 0 aliphatic carbocycles. The largest absolute Gasteiger partial charge is 0.507 e. The molecule has 4 aromatic rings. The topological polar surface area (TPSA) is 75.4 Å². The van der Waals surface area contributed by atoms with E-state index in [0.717, 1.165) is 42.3 Å². The van der Waals surface area contributed by atoms with Gasteiger partial charge in [-0.15, -0.1) is 0 Å². The standard InChI is InChI=1S/C28H27ClN2O5/c1-34-21-7-9-26(35-2)22(16-21)23-14-18-6-8-25(32)24(27(18)36-28(23)33)17-30-10-12-31(13-11-30)20-5-3-4-19(29)15-20/h3-9,14-16,32H,10-13,17H2,1-2H3. The van der Waals surface area contributed by atoms with Crippen LogP contribution in [0.25, 0.3) is 22.1 Å². The third-order valence-electron chi connectivity index (χ3n) is 6.60. The zero-order valence-corrected chi connectivity index (χ0v) is 20.9. The zero-order valence-electron chi connectivity index (χ0n) is 20.2. The van der Waals surface area contributed by atoms with Crippen LogP contribution >= 0.6 is 11.6 Å². The summed E-state index contributed by atoms with van der Waals surface area (Å²) in [5.74, 6) is 1.25. The van der Waals surface area contributed by atoms with Crippen LogP contribution < -0.4 is 20.0 Å². The van der Waals surface area contributed by atoms with Gasteiger partial charge in [0.25, 0.3) is 0 Å². The predicted octanol–water partition coefficient (Wildman–Crippen LogP) is 5.16. The zero-order chi connectivity index (χ0) is 25.2. The molecule has 36 heavy (non-hydrogen) atoms. The van der Waals surface area contributed by atoms with E-state index in [1.165, 1.54) is 0 Å². The third-order valence-corrected chi connectivity index (χ3v) is 6.84. The summed E-state index contributed by atoms with van der Waals surface area (Å²) in [7, 11) is 3.12. The van der Waals surface area contributed by atoms with Crippen LogP contribution in [0.15, 0.2) is 69.9 Å². The first-order chi connectivity index (χ1) is 17.5. The average Bonchev–Trinajstić information content (AvgIpc) is 2.90. The molecular formula is C28H27ClN2O5. The second kappa shape index (κ2) is 10.1. The molecule has 3 aromatic carbocycles. The number of ether oxygens (including phenoxy) is 2. The molecule has 8 heteroatoms. The highest BCUT2D eigenvalue weighted by molar-refractivity contribution is 6.30. The van der Waals surface area contributed by atoms with Crippen molar-refractivity contribution in [1.82, 2.24) is 4.90 Å². The van der Waals surface area contributed by atoms with Gasteiger partial charge in [-0.25, -0.2) is 4.79 Å². The summed E-state index contributed by atoms with van der Waals surface area (Å²) in [5, 5.41) is 12.1. The first-order valence-corrected chi connectivity index (χ1v) is 12.1.